The van der Waals surface area contributed by atoms with Crippen LogP contribution < -0.4 is 0 Å². The highest BCUT2D eigenvalue weighted by atomic mass is 79.9. The van der Waals surface area contributed by atoms with E-state index in [1.807, 2.05) is 6.92 Å². The predicted molar refractivity (Wildman–Crippen MR) is 59.8 cm³/mol. The van der Waals surface area contributed by atoms with Crippen molar-refractivity contribution in [2.24, 2.45) is 0 Å². The Labute approximate surface area is 92.9 Å². The Morgan fingerprint density at radius 3 is 2.29 bits per heavy atom. The molecule has 0 aliphatic rings. The van der Waals surface area contributed by atoms with Crippen LogP contribution in [0.25, 0.3) is 0 Å². The third kappa shape index (κ3) is 2.16. The molecule has 78 valence electrons. The lowest BCUT2D eigenvalue weighted by Gasteiger charge is -2.11. The van der Waals surface area contributed by atoms with Crippen LogP contribution in [-0.4, -0.2) is 26.8 Å². The number of halogens is 1. The molecule has 0 saturated heterocycles. The van der Waals surface area contributed by atoms with Crippen molar-refractivity contribution in [3.05, 3.63) is 28.2 Å². The van der Waals surface area contributed by atoms with Gasteiger partial charge in [0.25, 0.3) is 0 Å². The SMILES string of the molecule is Cc1ccc(S(=O)(=O)N(C)C)cc1Br. The molecule has 0 saturated carbocycles. The molecule has 0 unspecified atom stereocenters. The molecular weight excluding hydrogens is 266 g/mol. The summed E-state index contributed by atoms with van der Waals surface area (Å²) in [6.45, 7) is 1.91. The first-order chi connectivity index (χ1) is 6.35. The number of nitrogens with zero attached hydrogens (tertiary/aromatic N) is 1. The Balaban J connectivity index is 3.29. The highest BCUT2D eigenvalue weighted by Crippen LogP contribution is 2.21. The summed E-state index contributed by atoms with van der Waals surface area (Å²) >= 11 is 3.30. The normalized spacial score (nSPS) is 12.1. The molecule has 1 aromatic rings. The molecule has 0 radical (unpaired) electrons. The zero-order valence-electron chi connectivity index (χ0n) is 8.28. The summed E-state index contributed by atoms with van der Waals surface area (Å²) in [6, 6.07) is 5.00. The average molecular weight is 278 g/mol. The van der Waals surface area contributed by atoms with Gasteiger partial charge in [0, 0.05) is 18.6 Å². The first-order valence-corrected chi connectivity index (χ1v) is 6.27. The smallest absolute Gasteiger partial charge is 0.207 e. The molecule has 0 aliphatic carbocycles. The first-order valence-electron chi connectivity index (χ1n) is 4.04. The number of hydrogen-bond donors (Lipinski definition) is 0. The van der Waals surface area contributed by atoms with Crippen molar-refractivity contribution < 1.29 is 8.42 Å². The van der Waals surface area contributed by atoms with Gasteiger partial charge in [-0.3, -0.25) is 0 Å². The van der Waals surface area contributed by atoms with E-state index < -0.39 is 10.0 Å². The van der Waals surface area contributed by atoms with Crippen molar-refractivity contribution in [2.45, 2.75) is 11.8 Å². The minimum atomic E-state index is -3.31. The standard InChI is InChI=1S/C9H12BrNO2S/c1-7-4-5-8(6-9(7)10)14(12,13)11(2)3/h4-6H,1-3H3. The zero-order valence-corrected chi connectivity index (χ0v) is 10.7. The number of aryl methyl sites for hydroxylation is 1. The van der Waals surface area contributed by atoms with Gasteiger partial charge in [0.1, 0.15) is 0 Å². The highest BCUT2D eigenvalue weighted by molar-refractivity contribution is 9.10. The number of sulfonamides is 1. The maximum absolute atomic E-state index is 11.7. The maximum atomic E-state index is 11.7. The van der Waals surface area contributed by atoms with Gasteiger partial charge in [0.15, 0.2) is 0 Å². The second-order valence-electron chi connectivity index (χ2n) is 3.20. The second-order valence-corrected chi connectivity index (χ2v) is 6.20. The summed E-state index contributed by atoms with van der Waals surface area (Å²) < 4.78 is 25.4. The van der Waals surface area contributed by atoms with Gasteiger partial charge in [-0.15, -0.1) is 0 Å². The van der Waals surface area contributed by atoms with Gasteiger partial charge in [-0.25, -0.2) is 12.7 Å². The van der Waals surface area contributed by atoms with Crippen molar-refractivity contribution in [1.82, 2.24) is 4.31 Å². The molecule has 1 rings (SSSR count). The molecule has 3 nitrogen and oxygen atoms in total. The van der Waals surface area contributed by atoms with Crippen LogP contribution in [0.4, 0.5) is 0 Å². The van der Waals surface area contributed by atoms with E-state index in [9.17, 15) is 8.42 Å². The fraction of sp³-hybridized carbons (Fsp3) is 0.333. The summed E-state index contributed by atoms with van der Waals surface area (Å²) in [7, 11) is -0.279. The minimum absolute atomic E-state index is 0.306. The molecule has 0 spiro atoms. The van der Waals surface area contributed by atoms with Gasteiger partial charge in [0.2, 0.25) is 10.0 Å². The zero-order chi connectivity index (χ0) is 10.9. The summed E-state index contributed by atoms with van der Waals surface area (Å²) in [6.07, 6.45) is 0. The molecule has 0 amide bonds. The Hall–Kier alpha value is -0.390. The van der Waals surface area contributed by atoms with Gasteiger partial charge in [-0.05, 0) is 24.6 Å². The van der Waals surface area contributed by atoms with Crippen molar-refractivity contribution in [1.29, 1.82) is 0 Å². The molecule has 0 N–H and O–H groups in total. The van der Waals surface area contributed by atoms with E-state index in [2.05, 4.69) is 15.9 Å². The largest absolute Gasteiger partial charge is 0.242 e. The van der Waals surface area contributed by atoms with Crippen molar-refractivity contribution in [3.63, 3.8) is 0 Å². The van der Waals surface area contributed by atoms with Gasteiger partial charge in [-0.1, -0.05) is 22.0 Å². The van der Waals surface area contributed by atoms with E-state index in [0.29, 0.717) is 4.90 Å². The van der Waals surface area contributed by atoms with E-state index in [0.717, 1.165) is 10.0 Å². The Morgan fingerprint density at radius 2 is 1.86 bits per heavy atom. The molecule has 14 heavy (non-hydrogen) atoms. The lowest BCUT2D eigenvalue weighted by atomic mass is 10.2. The average Bonchev–Trinajstić information content (AvgIpc) is 2.09. The highest BCUT2D eigenvalue weighted by Gasteiger charge is 2.17. The van der Waals surface area contributed by atoms with Crippen LogP contribution in [0, 0.1) is 6.92 Å². The monoisotopic (exact) mass is 277 g/mol. The van der Waals surface area contributed by atoms with Crippen LogP contribution in [0.5, 0.6) is 0 Å². The number of benzene rings is 1. The summed E-state index contributed by atoms with van der Waals surface area (Å²) in [5.41, 5.74) is 1.02. The fourth-order valence-electron chi connectivity index (χ4n) is 0.945. The third-order valence-corrected chi connectivity index (χ3v) is 4.59. The molecule has 1 aromatic carbocycles. The maximum Gasteiger partial charge on any atom is 0.242 e. The Bertz CT molecular complexity index is 440. The van der Waals surface area contributed by atoms with Crippen LogP contribution >= 0.6 is 15.9 Å². The van der Waals surface area contributed by atoms with Crippen molar-refractivity contribution >= 4 is 26.0 Å². The minimum Gasteiger partial charge on any atom is -0.207 e. The van der Waals surface area contributed by atoms with Crippen LogP contribution in [0.15, 0.2) is 27.6 Å². The van der Waals surface area contributed by atoms with Crippen LogP contribution in [0.2, 0.25) is 0 Å². The second kappa shape index (κ2) is 4.00. The summed E-state index contributed by atoms with van der Waals surface area (Å²) in [5, 5.41) is 0. The molecule has 0 fully saturated rings. The Kier molecular flexibility index (Phi) is 3.34. The van der Waals surface area contributed by atoms with Crippen LogP contribution in [0.3, 0.4) is 0 Å². The molecule has 0 aliphatic heterocycles. The lowest BCUT2D eigenvalue weighted by Crippen LogP contribution is -2.22. The van der Waals surface area contributed by atoms with Crippen LogP contribution in [0.1, 0.15) is 5.56 Å². The molecule has 0 heterocycles. The van der Waals surface area contributed by atoms with E-state index in [4.69, 9.17) is 0 Å². The van der Waals surface area contributed by atoms with E-state index in [-0.39, 0.29) is 0 Å². The molecule has 0 atom stereocenters. The third-order valence-electron chi connectivity index (χ3n) is 1.92. The first kappa shape index (κ1) is 11.7. The quantitative estimate of drug-likeness (QED) is 0.829. The van der Waals surface area contributed by atoms with Gasteiger partial charge < -0.3 is 0 Å². The van der Waals surface area contributed by atoms with E-state index in [1.165, 1.54) is 18.4 Å². The van der Waals surface area contributed by atoms with Crippen molar-refractivity contribution in [3.8, 4) is 0 Å². The van der Waals surface area contributed by atoms with E-state index in [1.54, 1.807) is 18.2 Å². The summed E-state index contributed by atoms with van der Waals surface area (Å²) in [4.78, 5) is 0.306. The molecule has 5 heteroatoms. The predicted octanol–water partition coefficient (Wildman–Crippen LogP) is 2.01. The van der Waals surface area contributed by atoms with Crippen molar-refractivity contribution in [2.75, 3.05) is 14.1 Å². The Morgan fingerprint density at radius 1 is 1.29 bits per heavy atom. The fourth-order valence-corrected chi connectivity index (χ4v) is 2.40. The molecular formula is C9H12BrNO2S. The number of rotatable bonds is 2. The van der Waals surface area contributed by atoms with Crippen LogP contribution in [-0.2, 0) is 10.0 Å². The van der Waals surface area contributed by atoms with E-state index >= 15 is 0 Å². The topological polar surface area (TPSA) is 37.4 Å². The number of hydrogen-bond acceptors (Lipinski definition) is 2. The summed E-state index contributed by atoms with van der Waals surface area (Å²) in [5.74, 6) is 0. The molecule has 0 aromatic heterocycles. The lowest BCUT2D eigenvalue weighted by molar-refractivity contribution is 0.520. The van der Waals surface area contributed by atoms with Gasteiger partial charge >= 0.3 is 0 Å². The van der Waals surface area contributed by atoms with Gasteiger partial charge in [-0.2, -0.15) is 0 Å². The molecule has 0 bridgehead atoms. The van der Waals surface area contributed by atoms with Gasteiger partial charge in [0.05, 0.1) is 4.90 Å².